The van der Waals surface area contributed by atoms with Crippen LogP contribution >= 0.6 is 23.2 Å². The Hall–Kier alpha value is -2.91. The minimum absolute atomic E-state index is 0.0300. The molecule has 2 heterocycles. The van der Waals surface area contributed by atoms with Crippen LogP contribution in [0.25, 0.3) is 22.9 Å². The molecule has 11 heteroatoms. The van der Waals surface area contributed by atoms with Crippen LogP contribution in [0.4, 0.5) is 5.69 Å². The SMILES string of the molecule is O=[N+]([O-])c1cc(-c2nnc(-c3c(Cl)cncc3Cl)o2)cc(O)c1O. The van der Waals surface area contributed by atoms with E-state index in [2.05, 4.69) is 15.2 Å². The van der Waals surface area contributed by atoms with Crippen LogP contribution in [-0.4, -0.2) is 30.3 Å². The van der Waals surface area contributed by atoms with Gasteiger partial charge in [-0.1, -0.05) is 23.2 Å². The molecule has 9 nitrogen and oxygen atoms in total. The Labute approximate surface area is 143 Å². The van der Waals surface area contributed by atoms with Gasteiger partial charge in [-0.3, -0.25) is 15.1 Å². The quantitative estimate of drug-likeness (QED) is 0.407. The van der Waals surface area contributed by atoms with Crippen LogP contribution in [0.3, 0.4) is 0 Å². The molecule has 0 bridgehead atoms. The minimum Gasteiger partial charge on any atom is -0.504 e. The summed E-state index contributed by atoms with van der Waals surface area (Å²) in [6, 6.07) is 2.04. The summed E-state index contributed by atoms with van der Waals surface area (Å²) in [5, 5.41) is 37.9. The molecule has 3 rings (SSSR count). The molecular weight excluding hydrogens is 363 g/mol. The number of aromatic nitrogens is 3. The molecule has 0 fully saturated rings. The first kappa shape index (κ1) is 16.0. The monoisotopic (exact) mass is 368 g/mol. The summed E-state index contributed by atoms with van der Waals surface area (Å²) < 4.78 is 5.41. The standard InChI is InChI=1S/C13H6Cl2N4O5/c14-6-3-16-4-7(15)10(6)13-18-17-12(24-13)5-1-8(19(22)23)11(21)9(20)2-5/h1-4,20-21H. The van der Waals surface area contributed by atoms with E-state index in [0.29, 0.717) is 0 Å². The number of nitrogens with zero attached hydrogens (tertiary/aromatic N) is 4. The third kappa shape index (κ3) is 2.70. The molecule has 3 aromatic rings. The van der Waals surface area contributed by atoms with E-state index in [-0.39, 0.29) is 33.0 Å². The molecule has 0 saturated heterocycles. The van der Waals surface area contributed by atoms with Crippen LogP contribution < -0.4 is 0 Å². The van der Waals surface area contributed by atoms with Gasteiger partial charge in [0.1, 0.15) is 0 Å². The number of nitro groups is 1. The van der Waals surface area contributed by atoms with Gasteiger partial charge in [0, 0.05) is 24.0 Å². The second-order valence-corrected chi connectivity index (χ2v) is 5.33. The van der Waals surface area contributed by atoms with Crippen LogP contribution in [-0.2, 0) is 0 Å². The lowest BCUT2D eigenvalue weighted by molar-refractivity contribution is -0.385. The first-order valence-corrected chi connectivity index (χ1v) is 6.97. The van der Waals surface area contributed by atoms with Crippen molar-refractivity contribution in [1.82, 2.24) is 15.2 Å². The first-order chi connectivity index (χ1) is 11.4. The fraction of sp³-hybridized carbons (Fsp3) is 0. The van der Waals surface area contributed by atoms with Crippen LogP contribution in [0.5, 0.6) is 11.5 Å². The number of nitro benzene ring substituents is 1. The number of pyridine rings is 1. The van der Waals surface area contributed by atoms with E-state index < -0.39 is 22.1 Å². The topological polar surface area (TPSA) is 135 Å². The van der Waals surface area contributed by atoms with Gasteiger partial charge in [0.05, 0.1) is 20.5 Å². The van der Waals surface area contributed by atoms with Gasteiger partial charge >= 0.3 is 5.69 Å². The third-order valence-corrected chi connectivity index (χ3v) is 3.58. The number of hydrogen-bond acceptors (Lipinski definition) is 8. The molecular formula is C13H6Cl2N4O5. The molecule has 0 unspecified atom stereocenters. The van der Waals surface area contributed by atoms with Crippen LogP contribution in [0.2, 0.25) is 10.0 Å². The molecule has 0 aliphatic carbocycles. The first-order valence-electron chi connectivity index (χ1n) is 6.22. The van der Waals surface area contributed by atoms with Crippen molar-refractivity contribution in [2.75, 3.05) is 0 Å². The fourth-order valence-electron chi connectivity index (χ4n) is 1.92. The number of phenols is 2. The van der Waals surface area contributed by atoms with Gasteiger partial charge in [0.15, 0.2) is 5.75 Å². The van der Waals surface area contributed by atoms with Crippen molar-refractivity contribution in [1.29, 1.82) is 0 Å². The van der Waals surface area contributed by atoms with E-state index >= 15 is 0 Å². The van der Waals surface area contributed by atoms with Crippen LogP contribution in [0, 0.1) is 10.1 Å². The van der Waals surface area contributed by atoms with Crippen molar-refractivity contribution in [3.63, 3.8) is 0 Å². The van der Waals surface area contributed by atoms with Gasteiger partial charge < -0.3 is 14.6 Å². The second kappa shape index (κ2) is 5.95. The number of hydrogen-bond donors (Lipinski definition) is 2. The predicted octanol–water partition coefficient (Wildman–Crippen LogP) is 3.42. The Morgan fingerprint density at radius 1 is 1.08 bits per heavy atom. The number of halogens is 2. The van der Waals surface area contributed by atoms with Crippen molar-refractivity contribution in [3.05, 3.63) is 44.7 Å². The van der Waals surface area contributed by atoms with Gasteiger partial charge in [-0.2, -0.15) is 0 Å². The maximum absolute atomic E-state index is 10.9. The molecule has 0 aliphatic heterocycles. The lowest BCUT2D eigenvalue weighted by Crippen LogP contribution is -1.90. The van der Waals surface area contributed by atoms with Crippen molar-refractivity contribution >= 4 is 28.9 Å². The molecule has 0 amide bonds. The van der Waals surface area contributed by atoms with E-state index in [1.54, 1.807) is 0 Å². The smallest absolute Gasteiger partial charge is 0.315 e. The second-order valence-electron chi connectivity index (χ2n) is 4.51. The third-order valence-electron chi connectivity index (χ3n) is 3.01. The summed E-state index contributed by atoms with van der Waals surface area (Å²) in [6.07, 6.45) is 2.67. The Balaban J connectivity index is 2.11. The highest BCUT2D eigenvalue weighted by Gasteiger charge is 2.23. The highest BCUT2D eigenvalue weighted by molar-refractivity contribution is 6.38. The lowest BCUT2D eigenvalue weighted by atomic mass is 10.1. The largest absolute Gasteiger partial charge is 0.504 e. The molecule has 0 saturated carbocycles. The molecule has 0 aliphatic rings. The number of aromatic hydroxyl groups is 2. The average Bonchev–Trinajstić information content (AvgIpc) is 2.99. The van der Waals surface area contributed by atoms with Crippen molar-refractivity contribution < 1.29 is 19.6 Å². The molecule has 24 heavy (non-hydrogen) atoms. The Kier molecular flexibility index (Phi) is 3.96. The lowest BCUT2D eigenvalue weighted by Gasteiger charge is -2.02. The maximum Gasteiger partial charge on any atom is 0.315 e. The predicted molar refractivity (Wildman–Crippen MR) is 83.0 cm³/mol. The van der Waals surface area contributed by atoms with Crippen LogP contribution in [0.1, 0.15) is 0 Å². The summed E-state index contributed by atoms with van der Waals surface area (Å²) in [5.41, 5.74) is -0.411. The highest BCUT2D eigenvalue weighted by atomic mass is 35.5. The molecule has 0 spiro atoms. The van der Waals surface area contributed by atoms with Crippen LogP contribution in [0.15, 0.2) is 28.9 Å². The van der Waals surface area contributed by atoms with Gasteiger partial charge in [-0.15, -0.1) is 10.2 Å². The summed E-state index contributed by atoms with van der Waals surface area (Å²) in [6.45, 7) is 0. The molecule has 0 radical (unpaired) electrons. The van der Waals surface area contributed by atoms with Gasteiger partial charge in [0.2, 0.25) is 11.6 Å². The normalized spacial score (nSPS) is 10.8. The number of benzene rings is 1. The highest BCUT2D eigenvalue weighted by Crippen LogP contribution is 2.40. The molecule has 2 aromatic heterocycles. The summed E-state index contributed by atoms with van der Waals surface area (Å²) in [4.78, 5) is 13.8. The number of phenolic OH excluding ortho intramolecular Hbond substituents is 2. The molecule has 0 atom stereocenters. The molecule has 122 valence electrons. The van der Waals surface area contributed by atoms with Gasteiger partial charge in [-0.05, 0) is 6.07 Å². The van der Waals surface area contributed by atoms with Crippen molar-refractivity contribution in [2.24, 2.45) is 0 Å². The maximum atomic E-state index is 10.9. The van der Waals surface area contributed by atoms with Crippen molar-refractivity contribution in [3.8, 4) is 34.4 Å². The van der Waals surface area contributed by atoms with Crippen molar-refractivity contribution in [2.45, 2.75) is 0 Å². The zero-order valence-electron chi connectivity index (χ0n) is 11.5. The van der Waals surface area contributed by atoms with E-state index in [0.717, 1.165) is 12.1 Å². The average molecular weight is 369 g/mol. The fourth-order valence-corrected chi connectivity index (χ4v) is 2.45. The van der Waals surface area contributed by atoms with Gasteiger partial charge in [0.25, 0.3) is 5.89 Å². The van der Waals surface area contributed by atoms with Gasteiger partial charge in [-0.25, -0.2) is 0 Å². The summed E-state index contributed by atoms with van der Waals surface area (Å²) in [5.74, 6) is -1.72. The van der Waals surface area contributed by atoms with E-state index in [1.165, 1.54) is 12.4 Å². The molecule has 1 aromatic carbocycles. The number of rotatable bonds is 3. The Morgan fingerprint density at radius 3 is 2.33 bits per heavy atom. The summed E-state index contributed by atoms with van der Waals surface area (Å²) in [7, 11) is 0. The Morgan fingerprint density at radius 2 is 1.71 bits per heavy atom. The van der Waals surface area contributed by atoms with E-state index in [4.69, 9.17) is 27.6 Å². The zero-order chi connectivity index (χ0) is 17.4. The Bertz CT molecular complexity index is 939. The zero-order valence-corrected chi connectivity index (χ0v) is 13.0. The molecule has 2 N–H and O–H groups in total. The van der Waals surface area contributed by atoms with E-state index in [9.17, 15) is 20.3 Å². The van der Waals surface area contributed by atoms with E-state index in [1.807, 2.05) is 0 Å². The summed E-state index contributed by atoms with van der Waals surface area (Å²) >= 11 is 12.0. The minimum atomic E-state index is -0.858.